The summed E-state index contributed by atoms with van der Waals surface area (Å²) in [5, 5.41) is 8.78. The van der Waals surface area contributed by atoms with Gasteiger partial charge in [0, 0.05) is 0 Å². The Kier molecular flexibility index (Phi) is 3.29. The summed E-state index contributed by atoms with van der Waals surface area (Å²) in [7, 11) is 0. The molecule has 0 aliphatic carbocycles. The first kappa shape index (κ1) is 13.9. The van der Waals surface area contributed by atoms with Gasteiger partial charge in [-0.15, -0.1) is 0 Å². The largest absolute Gasteiger partial charge is 0.478 e. The van der Waals surface area contributed by atoms with Gasteiger partial charge in [-0.3, -0.25) is 0 Å². The SMILES string of the molecule is O=C(O)C1=Cc2c(F)ccc(Br)c2O[C@@H]1C(F)(F)F. The standard InChI is InChI=1S/C11H5BrF4O3/c12-6-1-2-7(13)4-3-5(10(17)18)9(11(14,15)16)19-8(4)6/h1-3,9H,(H,17,18)/t9-/m0/s1. The van der Waals surface area contributed by atoms with Gasteiger partial charge in [-0.2, -0.15) is 13.2 Å². The van der Waals surface area contributed by atoms with Crippen LogP contribution in [0.1, 0.15) is 5.56 Å². The molecule has 102 valence electrons. The summed E-state index contributed by atoms with van der Waals surface area (Å²) in [6.45, 7) is 0. The summed E-state index contributed by atoms with van der Waals surface area (Å²) < 4.78 is 56.4. The first-order chi connectivity index (χ1) is 8.71. The highest BCUT2D eigenvalue weighted by molar-refractivity contribution is 9.10. The number of carboxylic acid groups (broad SMARTS) is 1. The monoisotopic (exact) mass is 340 g/mol. The Balaban J connectivity index is 2.64. The Morgan fingerprint density at radius 1 is 1.37 bits per heavy atom. The highest BCUT2D eigenvalue weighted by atomic mass is 79.9. The number of carboxylic acids is 1. The Morgan fingerprint density at radius 2 is 2.00 bits per heavy atom. The molecule has 0 aromatic heterocycles. The lowest BCUT2D eigenvalue weighted by Gasteiger charge is -2.27. The van der Waals surface area contributed by atoms with E-state index in [9.17, 15) is 22.4 Å². The molecule has 1 aromatic carbocycles. The van der Waals surface area contributed by atoms with Crippen LogP contribution in [0.2, 0.25) is 0 Å². The van der Waals surface area contributed by atoms with E-state index in [1.165, 1.54) is 6.07 Å². The van der Waals surface area contributed by atoms with E-state index in [0.717, 1.165) is 6.07 Å². The molecule has 0 radical (unpaired) electrons. The number of carbonyl (C=O) groups is 1. The van der Waals surface area contributed by atoms with Crippen LogP contribution in [0, 0.1) is 5.82 Å². The smallest absolute Gasteiger partial charge is 0.430 e. The zero-order valence-electron chi connectivity index (χ0n) is 8.96. The van der Waals surface area contributed by atoms with Crippen molar-refractivity contribution in [3.05, 3.63) is 33.6 Å². The minimum absolute atomic E-state index is 0.110. The fourth-order valence-corrected chi connectivity index (χ4v) is 2.07. The van der Waals surface area contributed by atoms with Gasteiger partial charge in [0.05, 0.1) is 15.6 Å². The van der Waals surface area contributed by atoms with Gasteiger partial charge >= 0.3 is 12.1 Å². The summed E-state index contributed by atoms with van der Waals surface area (Å²) in [5.41, 5.74) is -1.38. The third-order valence-corrected chi connectivity index (χ3v) is 3.08. The molecule has 0 saturated heterocycles. The van der Waals surface area contributed by atoms with E-state index < -0.39 is 29.6 Å². The molecular formula is C11H5BrF4O3. The van der Waals surface area contributed by atoms with E-state index in [1.807, 2.05) is 0 Å². The van der Waals surface area contributed by atoms with Crippen LogP contribution >= 0.6 is 15.9 Å². The molecule has 0 bridgehead atoms. The molecular weight excluding hydrogens is 336 g/mol. The second-order valence-corrected chi connectivity index (χ2v) is 4.57. The van der Waals surface area contributed by atoms with Crippen LogP contribution in [0.5, 0.6) is 5.75 Å². The predicted molar refractivity (Wildman–Crippen MR) is 60.2 cm³/mol. The van der Waals surface area contributed by atoms with Crippen LogP contribution in [0.25, 0.3) is 6.08 Å². The van der Waals surface area contributed by atoms with Crippen molar-refractivity contribution in [3.63, 3.8) is 0 Å². The Morgan fingerprint density at radius 3 is 2.53 bits per heavy atom. The van der Waals surface area contributed by atoms with Crippen molar-refractivity contribution in [1.29, 1.82) is 0 Å². The molecule has 1 aliphatic heterocycles. The molecule has 8 heteroatoms. The van der Waals surface area contributed by atoms with Gasteiger partial charge in [-0.25, -0.2) is 9.18 Å². The minimum Gasteiger partial charge on any atom is -0.478 e. The first-order valence-corrected chi connectivity index (χ1v) is 5.67. The average Bonchev–Trinajstić information content (AvgIpc) is 2.31. The van der Waals surface area contributed by atoms with Gasteiger partial charge in [0.2, 0.25) is 6.10 Å². The maximum absolute atomic E-state index is 13.5. The van der Waals surface area contributed by atoms with Crippen LogP contribution in [-0.4, -0.2) is 23.4 Å². The van der Waals surface area contributed by atoms with Gasteiger partial charge in [0.25, 0.3) is 0 Å². The second-order valence-electron chi connectivity index (χ2n) is 3.72. The maximum Gasteiger partial charge on any atom is 0.430 e. The number of aliphatic carboxylic acids is 1. The van der Waals surface area contributed by atoms with Crippen LogP contribution in [0.4, 0.5) is 17.6 Å². The molecule has 0 unspecified atom stereocenters. The fraction of sp³-hybridized carbons (Fsp3) is 0.182. The normalized spacial score (nSPS) is 18.4. The maximum atomic E-state index is 13.5. The number of fused-ring (bicyclic) bond motifs is 1. The van der Waals surface area contributed by atoms with E-state index in [0.29, 0.717) is 6.08 Å². The summed E-state index contributed by atoms with van der Waals surface area (Å²) in [5.74, 6) is -3.04. The molecule has 1 atom stereocenters. The Bertz CT molecular complexity index is 580. The summed E-state index contributed by atoms with van der Waals surface area (Å²) >= 11 is 2.93. The van der Waals surface area contributed by atoms with E-state index in [1.54, 1.807) is 0 Å². The highest BCUT2D eigenvalue weighted by Crippen LogP contribution is 2.41. The van der Waals surface area contributed by atoms with Crippen molar-refractivity contribution in [2.24, 2.45) is 0 Å². The van der Waals surface area contributed by atoms with E-state index >= 15 is 0 Å². The van der Waals surface area contributed by atoms with Crippen molar-refractivity contribution in [2.45, 2.75) is 12.3 Å². The summed E-state index contributed by atoms with van der Waals surface area (Å²) in [6, 6.07) is 2.18. The molecule has 2 rings (SSSR count). The molecule has 0 spiro atoms. The molecule has 0 fully saturated rings. The van der Waals surface area contributed by atoms with Crippen LogP contribution in [0.15, 0.2) is 22.2 Å². The quantitative estimate of drug-likeness (QED) is 0.797. The minimum atomic E-state index is -4.91. The number of hydrogen-bond acceptors (Lipinski definition) is 2. The van der Waals surface area contributed by atoms with Crippen LogP contribution in [0.3, 0.4) is 0 Å². The van der Waals surface area contributed by atoms with Crippen molar-refractivity contribution < 1.29 is 32.2 Å². The number of benzene rings is 1. The number of hydrogen-bond donors (Lipinski definition) is 1. The van der Waals surface area contributed by atoms with Gasteiger partial charge in [-0.05, 0) is 34.1 Å². The number of rotatable bonds is 1. The molecule has 1 aliphatic rings. The molecule has 0 amide bonds. The molecule has 1 heterocycles. The third kappa shape index (κ3) is 2.44. The van der Waals surface area contributed by atoms with E-state index in [-0.39, 0.29) is 15.8 Å². The van der Waals surface area contributed by atoms with Gasteiger partial charge in [0.1, 0.15) is 11.6 Å². The van der Waals surface area contributed by atoms with Crippen LogP contribution < -0.4 is 4.74 Å². The molecule has 0 saturated carbocycles. The zero-order chi connectivity index (χ0) is 14.4. The molecule has 1 aromatic rings. The zero-order valence-corrected chi connectivity index (χ0v) is 10.5. The second kappa shape index (κ2) is 4.52. The summed E-state index contributed by atoms with van der Waals surface area (Å²) in [4.78, 5) is 10.8. The topological polar surface area (TPSA) is 46.5 Å². The van der Waals surface area contributed by atoms with Crippen molar-refractivity contribution in [1.82, 2.24) is 0 Å². The number of ether oxygens (including phenoxy) is 1. The van der Waals surface area contributed by atoms with Crippen molar-refractivity contribution in [2.75, 3.05) is 0 Å². The molecule has 19 heavy (non-hydrogen) atoms. The Hall–Kier alpha value is -1.57. The molecule has 1 N–H and O–H groups in total. The van der Waals surface area contributed by atoms with Gasteiger partial charge in [0.15, 0.2) is 0 Å². The number of halogens is 5. The average molecular weight is 341 g/mol. The van der Waals surface area contributed by atoms with Gasteiger partial charge in [-0.1, -0.05) is 0 Å². The number of alkyl halides is 3. The van der Waals surface area contributed by atoms with Crippen molar-refractivity contribution in [3.8, 4) is 5.75 Å². The highest BCUT2D eigenvalue weighted by Gasteiger charge is 2.49. The van der Waals surface area contributed by atoms with Crippen LogP contribution in [-0.2, 0) is 4.79 Å². The predicted octanol–water partition coefficient (Wildman–Crippen LogP) is 3.38. The third-order valence-electron chi connectivity index (χ3n) is 2.46. The first-order valence-electron chi connectivity index (χ1n) is 4.88. The molecule has 3 nitrogen and oxygen atoms in total. The Labute approximate surface area is 112 Å². The van der Waals surface area contributed by atoms with E-state index in [4.69, 9.17) is 5.11 Å². The van der Waals surface area contributed by atoms with Gasteiger partial charge < -0.3 is 9.84 Å². The lowest BCUT2D eigenvalue weighted by molar-refractivity contribution is -0.187. The van der Waals surface area contributed by atoms with E-state index in [2.05, 4.69) is 20.7 Å². The summed E-state index contributed by atoms with van der Waals surface area (Å²) in [6.07, 6.45) is -6.90. The lowest BCUT2D eigenvalue weighted by Crippen LogP contribution is -2.40. The van der Waals surface area contributed by atoms with Crippen molar-refractivity contribution >= 4 is 28.0 Å². The lowest BCUT2D eigenvalue weighted by atomic mass is 10.0. The fourth-order valence-electron chi connectivity index (χ4n) is 1.63.